The van der Waals surface area contributed by atoms with Gasteiger partial charge in [-0.05, 0) is 123 Å². The zero-order valence-corrected chi connectivity index (χ0v) is 19.9. The van der Waals surface area contributed by atoms with Crippen molar-refractivity contribution in [1.82, 2.24) is 0 Å². The van der Waals surface area contributed by atoms with E-state index < -0.39 is 5.60 Å². The van der Waals surface area contributed by atoms with E-state index in [1.165, 1.54) is 32.1 Å². The lowest BCUT2D eigenvalue weighted by molar-refractivity contribution is -0.144. The minimum atomic E-state index is -0.912. The van der Waals surface area contributed by atoms with E-state index in [-0.39, 0.29) is 22.5 Å². The molecule has 0 saturated heterocycles. The molecule has 1 aromatic rings. The van der Waals surface area contributed by atoms with Gasteiger partial charge < -0.3 is 10.2 Å². The van der Waals surface area contributed by atoms with E-state index in [0.29, 0.717) is 17.6 Å². The Morgan fingerprint density at radius 1 is 0.938 bits per heavy atom. The number of rotatable bonds is 1. The van der Waals surface area contributed by atoms with Crippen LogP contribution in [-0.4, -0.2) is 21.6 Å². The zero-order chi connectivity index (χ0) is 22.7. The SMILES string of the molecule is CC(=O)[C@H]1CC[C@H]2[C@@H]3CC[C@@H]4C[C@@](O)(C#Cc5ccc(O)cc5)CC[C@]4(C)[C@H]3CC[C@]12C. The zero-order valence-electron chi connectivity index (χ0n) is 19.9. The molecule has 4 saturated carbocycles. The van der Waals surface area contributed by atoms with Crippen LogP contribution in [0, 0.1) is 52.3 Å². The highest BCUT2D eigenvalue weighted by Crippen LogP contribution is 2.68. The first-order valence-corrected chi connectivity index (χ1v) is 12.7. The average molecular weight is 435 g/mol. The molecule has 0 aromatic heterocycles. The van der Waals surface area contributed by atoms with Crippen molar-refractivity contribution in [2.45, 2.75) is 84.2 Å². The van der Waals surface area contributed by atoms with Crippen molar-refractivity contribution in [2.75, 3.05) is 0 Å². The predicted molar refractivity (Wildman–Crippen MR) is 126 cm³/mol. The van der Waals surface area contributed by atoms with E-state index in [4.69, 9.17) is 0 Å². The molecule has 0 bridgehead atoms. The van der Waals surface area contributed by atoms with Gasteiger partial charge in [0.25, 0.3) is 0 Å². The number of ketones is 1. The fourth-order valence-corrected chi connectivity index (χ4v) is 8.76. The van der Waals surface area contributed by atoms with Crippen molar-refractivity contribution in [2.24, 2.45) is 40.4 Å². The molecule has 4 fully saturated rings. The van der Waals surface area contributed by atoms with Crippen LogP contribution in [0.5, 0.6) is 5.75 Å². The fraction of sp³-hybridized carbons (Fsp3) is 0.690. The van der Waals surface area contributed by atoms with Gasteiger partial charge in [-0.25, -0.2) is 0 Å². The molecule has 3 nitrogen and oxygen atoms in total. The number of Topliss-reactive ketones (excluding diaryl/α,β-unsaturated/α-hetero) is 1. The maximum Gasteiger partial charge on any atom is 0.133 e. The van der Waals surface area contributed by atoms with Gasteiger partial charge in [-0.3, -0.25) is 4.79 Å². The van der Waals surface area contributed by atoms with Gasteiger partial charge in [0.2, 0.25) is 0 Å². The summed E-state index contributed by atoms with van der Waals surface area (Å²) in [5.41, 5.74) is 0.415. The number of hydrogen-bond acceptors (Lipinski definition) is 3. The molecule has 1 aromatic carbocycles. The van der Waals surface area contributed by atoms with Gasteiger partial charge >= 0.3 is 0 Å². The summed E-state index contributed by atoms with van der Waals surface area (Å²) in [4.78, 5) is 12.4. The summed E-state index contributed by atoms with van der Waals surface area (Å²) in [5, 5.41) is 20.8. The maximum atomic E-state index is 12.4. The first-order valence-electron chi connectivity index (χ1n) is 12.7. The molecule has 0 heterocycles. The number of aromatic hydroxyl groups is 1. The number of carbonyl (C=O) groups excluding carboxylic acids is 1. The van der Waals surface area contributed by atoms with Crippen LogP contribution in [0.3, 0.4) is 0 Å². The molecule has 172 valence electrons. The molecule has 0 aliphatic heterocycles. The second-order valence-electron chi connectivity index (χ2n) is 12.0. The van der Waals surface area contributed by atoms with Crippen LogP contribution < -0.4 is 0 Å². The average Bonchev–Trinajstić information content (AvgIpc) is 3.12. The maximum absolute atomic E-state index is 12.4. The van der Waals surface area contributed by atoms with Crippen LogP contribution in [0.2, 0.25) is 0 Å². The Hall–Kier alpha value is -1.79. The highest BCUT2D eigenvalue weighted by Gasteiger charge is 2.61. The quantitative estimate of drug-likeness (QED) is 0.556. The number of carbonyl (C=O) groups is 1. The molecule has 3 heteroatoms. The highest BCUT2D eigenvalue weighted by molar-refractivity contribution is 5.79. The molecule has 0 unspecified atom stereocenters. The Kier molecular flexibility index (Phi) is 5.25. The van der Waals surface area contributed by atoms with E-state index in [0.717, 1.165) is 43.1 Å². The first-order chi connectivity index (χ1) is 15.1. The Morgan fingerprint density at radius 2 is 1.66 bits per heavy atom. The molecule has 4 aliphatic carbocycles. The summed E-state index contributed by atoms with van der Waals surface area (Å²) in [7, 11) is 0. The van der Waals surface area contributed by atoms with Crippen LogP contribution in [0.15, 0.2) is 24.3 Å². The third-order valence-corrected chi connectivity index (χ3v) is 10.5. The smallest absolute Gasteiger partial charge is 0.133 e. The number of aliphatic hydroxyl groups is 1. The van der Waals surface area contributed by atoms with Gasteiger partial charge in [0.15, 0.2) is 0 Å². The van der Waals surface area contributed by atoms with Gasteiger partial charge in [0.1, 0.15) is 17.1 Å². The molecule has 0 radical (unpaired) electrons. The number of phenolic OH excluding ortho intramolecular Hbond substituents is 1. The van der Waals surface area contributed by atoms with Crippen molar-refractivity contribution in [1.29, 1.82) is 0 Å². The van der Waals surface area contributed by atoms with Crippen molar-refractivity contribution >= 4 is 5.78 Å². The van der Waals surface area contributed by atoms with Crippen molar-refractivity contribution in [3.05, 3.63) is 29.8 Å². The minimum Gasteiger partial charge on any atom is -0.508 e. The third kappa shape index (κ3) is 3.41. The summed E-state index contributed by atoms with van der Waals surface area (Å²) in [6, 6.07) is 6.89. The third-order valence-electron chi connectivity index (χ3n) is 10.5. The van der Waals surface area contributed by atoms with E-state index >= 15 is 0 Å². The van der Waals surface area contributed by atoms with Crippen LogP contribution in [0.25, 0.3) is 0 Å². The molecule has 0 spiro atoms. The van der Waals surface area contributed by atoms with E-state index in [9.17, 15) is 15.0 Å². The summed E-state index contributed by atoms with van der Waals surface area (Å²) in [6.45, 7) is 6.73. The van der Waals surface area contributed by atoms with Crippen LogP contribution in [-0.2, 0) is 4.79 Å². The molecule has 8 atom stereocenters. The number of phenols is 1. The summed E-state index contributed by atoms with van der Waals surface area (Å²) < 4.78 is 0. The van der Waals surface area contributed by atoms with E-state index in [1.54, 1.807) is 24.3 Å². The Labute approximate surface area is 193 Å². The van der Waals surface area contributed by atoms with Crippen molar-refractivity contribution in [3.63, 3.8) is 0 Å². The Morgan fingerprint density at radius 3 is 2.38 bits per heavy atom. The topological polar surface area (TPSA) is 57.5 Å². The van der Waals surface area contributed by atoms with E-state index in [2.05, 4.69) is 25.7 Å². The summed E-state index contributed by atoms with van der Waals surface area (Å²) >= 11 is 0. The molecule has 0 amide bonds. The largest absolute Gasteiger partial charge is 0.508 e. The van der Waals surface area contributed by atoms with Crippen LogP contribution in [0.1, 0.15) is 84.1 Å². The fourth-order valence-electron chi connectivity index (χ4n) is 8.76. The lowest BCUT2D eigenvalue weighted by Gasteiger charge is -2.61. The van der Waals surface area contributed by atoms with Gasteiger partial charge in [0.05, 0.1) is 0 Å². The van der Waals surface area contributed by atoms with Gasteiger partial charge in [0, 0.05) is 11.5 Å². The second-order valence-corrected chi connectivity index (χ2v) is 12.0. The standard InChI is InChI=1S/C29H38O3/c1-19(30)24-10-11-25-23-9-6-21-18-29(32,15-12-20-4-7-22(31)8-5-20)17-16-27(21,2)26(23)13-14-28(24,25)3/h4-5,7-8,21,23-26,31-32H,6,9-11,13-14,16-18H2,1-3H3/t21-,23+,24-,25+,26+,27+,28-,29-/m1/s1. The lowest BCUT2D eigenvalue weighted by atomic mass is 9.44. The van der Waals surface area contributed by atoms with Gasteiger partial charge in [-0.2, -0.15) is 0 Å². The monoisotopic (exact) mass is 434 g/mol. The van der Waals surface area contributed by atoms with Crippen LogP contribution in [0.4, 0.5) is 0 Å². The summed E-state index contributed by atoms with van der Waals surface area (Å²) in [5.74, 6) is 9.95. The lowest BCUT2D eigenvalue weighted by Crippen LogP contribution is -2.56. The normalized spacial score (nSPS) is 45.1. The minimum absolute atomic E-state index is 0.210. The molecule has 2 N–H and O–H groups in total. The van der Waals surface area contributed by atoms with Crippen LogP contribution >= 0.6 is 0 Å². The molecular formula is C29H38O3. The Balaban J connectivity index is 1.34. The number of fused-ring (bicyclic) bond motifs is 5. The predicted octanol–water partition coefficient (Wildman–Crippen LogP) is 5.72. The first kappa shape index (κ1) is 22.0. The molecule has 4 aliphatic rings. The molecule has 32 heavy (non-hydrogen) atoms. The van der Waals surface area contributed by atoms with Gasteiger partial charge in [-0.1, -0.05) is 25.7 Å². The molecule has 5 rings (SSSR count). The highest BCUT2D eigenvalue weighted by atomic mass is 16.3. The van der Waals surface area contributed by atoms with Gasteiger partial charge in [-0.15, -0.1) is 0 Å². The second kappa shape index (κ2) is 7.63. The summed E-state index contributed by atoms with van der Waals surface area (Å²) in [6.07, 6.45) is 9.73. The van der Waals surface area contributed by atoms with Crippen molar-refractivity contribution in [3.8, 4) is 17.6 Å². The van der Waals surface area contributed by atoms with E-state index in [1.807, 2.05) is 6.92 Å². The Bertz CT molecular complexity index is 955. The van der Waals surface area contributed by atoms with Crippen molar-refractivity contribution < 1.29 is 15.0 Å². The molecular weight excluding hydrogens is 396 g/mol. The number of hydrogen-bond donors (Lipinski definition) is 2. The number of benzene rings is 1.